The molecule has 0 aliphatic heterocycles. The number of hydrogen-bond donors (Lipinski definition) is 12. The number of nitrogens with one attached hydrogen (secondary N) is 8. The van der Waals surface area contributed by atoms with Gasteiger partial charge in [0.25, 0.3) is 0 Å². The quantitative estimate of drug-likeness (QED) is 0.0180. The van der Waals surface area contributed by atoms with Crippen LogP contribution in [0.5, 0.6) is 0 Å². The Kier molecular flexibility index (Phi) is 22.4. The van der Waals surface area contributed by atoms with E-state index in [9.17, 15) is 47.9 Å². The van der Waals surface area contributed by atoms with Crippen molar-refractivity contribution in [3.8, 4) is 0 Å². The van der Waals surface area contributed by atoms with Gasteiger partial charge in [0, 0.05) is 24.9 Å². The van der Waals surface area contributed by atoms with Gasteiger partial charge in [0.1, 0.15) is 42.4 Å². The molecule has 1 aromatic heterocycles. The number of aromatic nitrogens is 2. The molecule has 26 heteroatoms. The normalized spacial score (nSPS) is 13.3. The van der Waals surface area contributed by atoms with E-state index in [4.69, 9.17) is 32.4 Å². The Labute approximate surface area is 357 Å². The molecule has 0 radical (unpaired) electrons. The standard InChI is InChI=1S/C36H60N14O12/c1-18(2)10-24(33(59)61-6)50-32(58)23(13-26(38)52)49-31(57)21(11-19-14-41-17-45-19)48-30(56)20(8-7-9-42-34(39)40)46-27(53)15-43-29(55)22(12-25(37)51)47-28(54)16-44-35(60)62-36(3,4)5/h14,17-18,20-24H,7-13,15-16H2,1-6H3,(H2,37,51)(H2,38,52)(H,41,45)(H,43,55)(H,44,60)(H,46,53)(H,47,54)(H,48,56)(H,49,57)(H,50,58)(H4,39,40,42). The van der Waals surface area contributed by atoms with E-state index in [-0.39, 0.29) is 44.1 Å². The highest BCUT2D eigenvalue weighted by Gasteiger charge is 2.33. The van der Waals surface area contributed by atoms with Crippen molar-refractivity contribution in [1.29, 1.82) is 0 Å². The van der Waals surface area contributed by atoms with Crippen molar-refractivity contribution in [3.05, 3.63) is 18.2 Å². The van der Waals surface area contributed by atoms with E-state index in [1.165, 1.54) is 12.5 Å². The highest BCUT2D eigenvalue weighted by molar-refractivity contribution is 5.98. The summed E-state index contributed by atoms with van der Waals surface area (Å²) in [5, 5.41) is 16.5. The molecule has 0 aliphatic carbocycles. The van der Waals surface area contributed by atoms with Crippen LogP contribution in [0.15, 0.2) is 17.5 Å². The monoisotopic (exact) mass is 880 g/mol. The van der Waals surface area contributed by atoms with Crippen LogP contribution in [-0.2, 0) is 59.0 Å². The number of primary amides is 2. The van der Waals surface area contributed by atoms with E-state index in [0.29, 0.717) is 5.69 Å². The molecule has 9 amide bonds. The van der Waals surface area contributed by atoms with Crippen molar-refractivity contribution >= 4 is 65.3 Å². The topological polar surface area (TPSA) is 418 Å². The lowest BCUT2D eigenvalue weighted by atomic mass is 10.0. The molecule has 346 valence electrons. The molecular formula is C36H60N14O12. The molecule has 1 aromatic rings. The SMILES string of the molecule is COC(=O)C(CC(C)C)NC(=O)C(CC(N)=O)NC(=O)C(Cc1cnc[nH]1)NC(=O)C(CCCN=C(N)N)NC(=O)CNC(=O)C(CC(N)=O)NC(=O)CNC(=O)OC(C)(C)C. The van der Waals surface area contributed by atoms with Gasteiger partial charge in [-0.2, -0.15) is 0 Å². The number of hydrogen-bond acceptors (Lipinski definition) is 14. The number of H-pyrrole nitrogens is 1. The van der Waals surface area contributed by atoms with E-state index in [1.54, 1.807) is 34.6 Å². The molecule has 26 nitrogen and oxygen atoms in total. The third kappa shape index (κ3) is 22.4. The maximum atomic E-state index is 13.8. The fraction of sp³-hybridized carbons (Fsp3) is 0.611. The number of imidazole rings is 1. The molecule has 1 heterocycles. The van der Waals surface area contributed by atoms with Crippen LogP contribution in [0.1, 0.15) is 72.4 Å². The summed E-state index contributed by atoms with van der Waals surface area (Å²) in [7, 11) is 1.13. The fourth-order valence-corrected chi connectivity index (χ4v) is 5.31. The average Bonchev–Trinajstić information content (AvgIpc) is 3.67. The minimum Gasteiger partial charge on any atom is -0.467 e. The number of guanidine groups is 1. The number of alkyl carbamates (subject to hydrolysis) is 1. The Morgan fingerprint density at radius 2 is 1.24 bits per heavy atom. The number of methoxy groups -OCH3 is 1. The molecule has 16 N–H and O–H groups in total. The van der Waals surface area contributed by atoms with Crippen LogP contribution < -0.4 is 60.2 Å². The van der Waals surface area contributed by atoms with Gasteiger partial charge in [-0.3, -0.25) is 43.3 Å². The van der Waals surface area contributed by atoms with Gasteiger partial charge in [0.2, 0.25) is 47.3 Å². The van der Waals surface area contributed by atoms with E-state index in [0.717, 1.165) is 7.11 Å². The van der Waals surface area contributed by atoms with Crippen LogP contribution in [0.25, 0.3) is 0 Å². The third-order valence-electron chi connectivity index (χ3n) is 8.03. The van der Waals surface area contributed by atoms with Crippen LogP contribution in [0.3, 0.4) is 0 Å². The molecule has 5 atom stereocenters. The van der Waals surface area contributed by atoms with Gasteiger partial charge in [0.05, 0.1) is 32.8 Å². The summed E-state index contributed by atoms with van der Waals surface area (Å²) < 4.78 is 9.82. The number of aliphatic imine (C=N–C) groups is 1. The summed E-state index contributed by atoms with van der Waals surface area (Å²) in [5.41, 5.74) is 20.9. The zero-order valence-electron chi connectivity index (χ0n) is 35.6. The first-order valence-corrected chi connectivity index (χ1v) is 19.3. The number of esters is 1. The first-order chi connectivity index (χ1) is 28.9. The molecule has 0 aromatic carbocycles. The maximum Gasteiger partial charge on any atom is 0.408 e. The molecular weight excluding hydrogens is 820 g/mol. The minimum absolute atomic E-state index is 0.0152. The number of carbonyl (C=O) groups excluding carboxylic acids is 10. The van der Waals surface area contributed by atoms with Crippen LogP contribution in [-0.4, -0.2) is 138 Å². The highest BCUT2D eigenvalue weighted by atomic mass is 16.6. The second-order valence-corrected chi connectivity index (χ2v) is 15.2. The van der Waals surface area contributed by atoms with Gasteiger partial charge in [-0.15, -0.1) is 0 Å². The summed E-state index contributed by atoms with van der Waals surface area (Å²) >= 11 is 0. The Morgan fingerprint density at radius 3 is 1.76 bits per heavy atom. The predicted molar refractivity (Wildman–Crippen MR) is 218 cm³/mol. The van der Waals surface area contributed by atoms with Crippen LogP contribution in [0, 0.1) is 5.92 Å². The molecule has 1 rings (SSSR count). The molecule has 0 bridgehead atoms. The van der Waals surface area contributed by atoms with Gasteiger partial charge < -0.3 is 74.6 Å². The molecule has 0 saturated heterocycles. The second-order valence-electron chi connectivity index (χ2n) is 15.2. The molecule has 0 saturated carbocycles. The van der Waals surface area contributed by atoms with Gasteiger partial charge >= 0.3 is 12.1 Å². The number of ether oxygens (including phenoxy) is 2. The van der Waals surface area contributed by atoms with Crippen LogP contribution in [0.2, 0.25) is 0 Å². The largest absolute Gasteiger partial charge is 0.467 e. The predicted octanol–water partition coefficient (Wildman–Crippen LogP) is -4.96. The number of carbonyl (C=O) groups is 10. The Balaban J connectivity index is 3.25. The average molecular weight is 881 g/mol. The van der Waals surface area contributed by atoms with Crippen LogP contribution >= 0.6 is 0 Å². The maximum absolute atomic E-state index is 13.8. The van der Waals surface area contributed by atoms with E-state index >= 15 is 0 Å². The summed E-state index contributed by atoms with van der Waals surface area (Å²) in [6.45, 7) is 6.98. The lowest BCUT2D eigenvalue weighted by molar-refractivity contribution is -0.146. The van der Waals surface area contributed by atoms with Crippen LogP contribution in [0.4, 0.5) is 4.79 Å². The van der Waals surface area contributed by atoms with Crippen molar-refractivity contribution in [2.45, 2.75) is 109 Å². The second kappa shape index (κ2) is 26.2. The van der Waals surface area contributed by atoms with Crippen molar-refractivity contribution in [2.24, 2.45) is 33.8 Å². The van der Waals surface area contributed by atoms with Gasteiger partial charge in [-0.05, 0) is 46.0 Å². The van der Waals surface area contributed by atoms with E-state index in [1.807, 2.05) is 0 Å². The lowest BCUT2D eigenvalue weighted by Crippen LogP contribution is -2.59. The first-order valence-electron chi connectivity index (χ1n) is 19.3. The zero-order chi connectivity index (χ0) is 47.2. The van der Waals surface area contributed by atoms with Gasteiger partial charge in [-0.25, -0.2) is 14.6 Å². The third-order valence-corrected chi connectivity index (χ3v) is 8.03. The number of rotatable bonds is 26. The summed E-state index contributed by atoms with van der Waals surface area (Å²) in [6, 6.07) is -7.21. The molecule has 0 spiro atoms. The summed E-state index contributed by atoms with van der Waals surface area (Å²) in [4.78, 5) is 138. The summed E-state index contributed by atoms with van der Waals surface area (Å²) in [6.07, 6.45) is 0.263. The lowest BCUT2D eigenvalue weighted by Gasteiger charge is -2.26. The fourth-order valence-electron chi connectivity index (χ4n) is 5.31. The number of nitrogens with two attached hydrogens (primary N) is 4. The van der Waals surface area contributed by atoms with Crippen molar-refractivity contribution in [1.82, 2.24) is 47.2 Å². The zero-order valence-corrected chi connectivity index (χ0v) is 35.6. The van der Waals surface area contributed by atoms with E-state index in [2.05, 4.69) is 52.2 Å². The molecule has 5 unspecified atom stereocenters. The Morgan fingerprint density at radius 1 is 0.726 bits per heavy atom. The Hall–Kier alpha value is -7.02. The molecule has 0 fully saturated rings. The number of amides is 9. The van der Waals surface area contributed by atoms with Gasteiger partial charge in [-0.1, -0.05) is 13.8 Å². The van der Waals surface area contributed by atoms with Crippen molar-refractivity contribution < 1.29 is 57.4 Å². The highest BCUT2D eigenvalue weighted by Crippen LogP contribution is 2.09. The van der Waals surface area contributed by atoms with Gasteiger partial charge in [0.15, 0.2) is 5.96 Å². The smallest absolute Gasteiger partial charge is 0.408 e. The van der Waals surface area contributed by atoms with E-state index < -0.39 is 121 Å². The van der Waals surface area contributed by atoms with Crippen molar-refractivity contribution in [2.75, 3.05) is 26.7 Å². The van der Waals surface area contributed by atoms with Crippen molar-refractivity contribution in [3.63, 3.8) is 0 Å². The summed E-state index contributed by atoms with van der Waals surface area (Å²) in [5.74, 6) is -8.76. The minimum atomic E-state index is -1.61. The number of aromatic amines is 1. The molecule has 0 aliphatic rings. The number of nitrogens with zero attached hydrogens (tertiary/aromatic N) is 2. The Bertz CT molecular complexity index is 1760. The molecule has 62 heavy (non-hydrogen) atoms. The first kappa shape index (κ1) is 53.0.